The fourth-order valence-corrected chi connectivity index (χ4v) is 4.46. The van der Waals surface area contributed by atoms with Gasteiger partial charge in [0.25, 0.3) is 5.91 Å². The second kappa shape index (κ2) is 9.24. The Kier molecular flexibility index (Phi) is 6.33. The molecule has 1 amide bonds. The summed E-state index contributed by atoms with van der Waals surface area (Å²) in [7, 11) is -0.850. The number of anilines is 1. The maximum atomic E-state index is 12.8. The van der Waals surface area contributed by atoms with Crippen LogP contribution < -0.4 is 5.32 Å². The lowest BCUT2D eigenvalue weighted by molar-refractivity contribution is -0.119. The van der Waals surface area contributed by atoms with Crippen LogP contribution in [0.3, 0.4) is 0 Å². The van der Waals surface area contributed by atoms with Crippen molar-refractivity contribution in [2.45, 2.75) is 4.90 Å². The molecule has 0 saturated heterocycles. The first-order valence-electron chi connectivity index (χ1n) is 10.4. The Morgan fingerprint density at radius 3 is 2.00 bits per heavy atom. The highest BCUT2D eigenvalue weighted by atomic mass is 32.2. The molecule has 0 aromatic heterocycles. The van der Waals surface area contributed by atoms with Gasteiger partial charge in [-0.25, -0.2) is 17.5 Å². The van der Waals surface area contributed by atoms with Crippen molar-refractivity contribution in [3.63, 3.8) is 0 Å². The predicted molar refractivity (Wildman–Crippen MR) is 126 cm³/mol. The minimum atomic E-state index is -3.64. The fraction of sp³-hybridized carbons (Fsp3) is 0.120. The maximum absolute atomic E-state index is 12.8. The van der Waals surface area contributed by atoms with Crippen molar-refractivity contribution in [1.29, 1.82) is 0 Å². The Morgan fingerprint density at radius 2 is 1.40 bits per heavy atom. The van der Waals surface area contributed by atoms with E-state index >= 15 is 0 Å². The van der Waals surface area contributed by atoms with Crippen LogP contribution >= 0.6 is 0 Å². The number of fused-ring (bicyclic) bond motifs is 2. The van der Waals surface area contributed by atoms with Crippen LogP contribution in [0.25, 0.3) is 0 Å². The summed E-state index contributed by atoms with van der Waals surface area (Å²) in [6.07, 6.45) is 0. The largest absolute Gasteiger partial charge is 0.452 e. The van der Waals surface area contributed by atoms with Crippen LogP contribution in [0.4, 0.5) is 5.69 Å². The van der Waals surface area contributed by atoms with Gasteiger partial charge in [0, 0.05) is 42.0 Å². The van der Waals surface area contributed by atoms with Crippen LogP contribution in [-0.2, 0) is 19.6 Å². The van der Waals surface area contributed by atoms with E-state index in [0.717, 1.165) is 4.31 Å². The summed E-state index contributed by atoms with van der Waals surface area (Å²) >= 11 is 0. The molecule has 0 fully saturated rings. The molecule has 0 radical (unpaired) electrons. The number of ether oxygens (including phenoxy) is 1. The Balaban J connectivity index is 1.40. The number of nitrogens with one attached hydrogen (secondary N) is 1. The van der Waals surface area contributed by atoms with Gasteiger partial charge in [-0.15, -0.1) is 0 Å². The van der Waals surface area contributed by atoms with Crippen LogP contribution in [0.15, 0.2) is 71.6 Å². The molecule has 9 nitrogen and oxygen atoms in total. The average Bonchev–Trinajstić information content (AvgIpc) is 2.85. The van der Waals surface area contributed by atoms with E-state index in [1.807, 2.05) is 0 Å². The van der Waals surface area contributed by atoms with Crippen LogP contribution in [0, 0.1) is 0 Å². The van der Waals surface area contributed by atoms with Gasteiger partial charge in [0.2, 0.25) is 10.0 Å². The van der Waals surface area contributed by atoms with Crippen molar-refractivity contribution in [3.8, 4) is 0 Å². The summed E-state index contributed by atoms with van der Waals surface area (Å²) in [5.74, 6) is -2.05. The molecule has 0 heterocycles. The number of hydrogen-bond donors (Lipinski definition) is 1. The number of nitrogens with zero attached hydrogens (tertiary/aromatic N) is 1. The van der Waals surface area contributed by atoms with Crippen LogP contribution in [0.5, 0.6) is 0 Å². The van der Waals surface area contributed by atoms with E-state index in [2.05, 4.69) is 5.32 Å². The number of hydrogen-bond acceptors (Lipinski definition) is 7. The third-order valence-corrected chi connectivity index (χ3v) is 7.24. The highest BCUT2D eigenvalue weighted by Crippen LogP contribution is 2.29. The van der Waals surface area contributed by atoms with Crippen molar-refractivity contribution in [2.75, 3.05) is 26.0 Å². The molecule has 35 heavy (non-hydrogen) atoms. The first-order chi connectivity index (χ1) is 16.6. The summed E-state index contributed by atoms with van der Waals surface area (Å²) in [5, 5.41) is 2.54. The van der Waals surface area contributed by atoms with Gasteiger partial charge in [-0.1, -0.05) is 24.3 Å². The molecular weight excluding hydrogens is 472 g/mol. The molecule has 3 aromatic carbocycles. The van der Waals surface area contributed by atoms with Gasteiger partial charge in [-0.3, -0.25) is 14.4 Å². The van der Waals surface area contributed by atoms with Crippen LogP contribution in [-0.4, -0.2) is 56.9 Å². The first kappa shape index (κ1) is 24.0. The summed E-state index contributed by atoms with van der Waals surface area (Å²) < 4.78 is 30.3. The monoisotopic (exact) mass is 492 g/mol. The average molecular weight is 493 g/mol. The van der Waals surface area contributed by atoms with Crippen molar-refractivity contribution in [2.24, 2.45) is 0 Å². The second-order valence-electron chi connectivity index (χ2n) is 7.90. The highest BCUT2D eigenvalue weighted by Gasteiger charge is 2.29. The van der Waals surface area contributed by atoms with Gasteiger partial charge in [0.15, 0.2) is 18.2 Å². The molecule has 1 N–H and O–H groups in total. The van der Waals surface area contributed by atoms with Gasteiger partial charge in [0.1, 0.15) is 0 Å². The molecule has 4 rings (SSSR count). The molecule has 0 saturated carbocycles. The quantitative estimate of drug-likeness (QED) is 0.410. The van der Waals surface area contributed by atoms with E-state index in [1.54, 1.807) is 24.3 Å². The number of benzene rings is 3. The lowest BCUT2D eigenvalue weighted by Gasteiger charge is -2.18. The lowest BCUT2D eigenvalue weighted by atomic mass is 9.84. The topological polar surface area (TPSA) is 127 Å². The zero-order chi connectivity index (χ0) is 25.3. The maximum Gasteiger partial charge on any atom is 0.338 e. The van der Waals surface area contributed by atoms with Crippen molar-refractivity contribution in [1.82, 2.24) is 4.31 Å². The molecule has 0 spiro atoms. The van der Waals surface area contributed by atoms with Crippen LogP contribution in [0.2, 0.25) is 0 Å². The Bertz CT molecular complexity index is 1480. The molecule has 3 aromatic rings. The minimum absolute atomic E-state index is 0.0138. The SMILES string of the molecule is CN(C)S(=O)(=O)c1ccc(C(=O)OCC(=O)Nc2ccc3c(c2)C(=O)c2ccccc2C3=O)cc1. The zero-order valence-electron chi connectivity index (χ0n) is 18.8. The summed E-state index contributed by atoms with van der Waals surface area (Å²) in [6, 6.07) is 16.0. The van der Waals surface area contributed by atoms with Gasteiger partial charge in [-0.05, 0) is 42.5 Å². The molecule has 1 aliphatic carbocycles. The number of esters is 1. The van der Waals surface area contributed by atoms with Crippen molar-refractivity contribution < 1.29 is 32.3 Å². The molecule has 10 heteroatoms. The van der Waals surface area contributed by atoms with Gasteiger partial charge in [0.05, 0.1) is 10.5 Å². The predicted octanol–water partition coefficient (Wildman–Crippen LogP) is 2.51. The highest BCUT2D eigenvalue weighted by molar-refractivity contribution is 7.89. The number of carbonyl (C=O) groups excluding carboxylic acids is 4. The first-order valence-corrected chi connectivity index (χ1v) is 11.9. The van der Waals surface area contributed by atoms with E-state index in [4.69, 9.17) is 4.74 Å². The normalized spacial score (nSPS) is 12.7. The number of rotatable bonds is 6. The third kappa shape index (κ3) is 4.61. The number of sulfonamides is 1. The molecule has 178 valence electrons. The molecular formula is C25H20N2O7S. The van der Waals surface area contributed by atoms with E-state index < -0.39 is 28.5 Å². The summed E-state index contributed by atoms with van der Waals surface area (Å²) in [6.45, 7) is -0.608. The smallest absolute Gasteiger partial charge is 0.338 e. The fourth-order valence-electron chi connectivity index (χ4n) is 3.56. The van der Waals surface area contributed by atoms with Crippen molar-refractivity contribution >= 4 is 39.2 Å². The Hall–Kier alpha value is -4.15. The minimum Gasteiger partial charge on any atom is -0.452 e. The lowest BCUT2D eigenvalue weighted by Crippen LogP contribution is -2.23. The van der Waals surface area contributed by atoms with E-state index in [1.165, 1.54) is 56.6 Å². The third-order valence-electron chi connectivity index (χ3n) is 5.41. The number of ketones is 2. The standard InChI is InChI=1S/C25H20N2O7S/c1-27(2)35(32,33)17-10-7-15(8-11-17)25(31)34-14-22(28)26-16-9-12-20-21(13-16)24(30)19-6-4-3-5-18(19)23(20)29/h3-13H,14H2,1-2H3,(H,26,28). The molecule has 0 aliphatic heterocycles. The van der Waals surface area contributed by atoms with E-state index in [-0.39, 0.29) is 38.8 Å². The van der Waals surface area contributed by atoms with Crippen LogP contribution in [0.1, 0.15) is 42.2 Å². The van der Waals surface area contributed by atoms with E-state index in [0.29, 0.717) is 11.1 Å². The number of amides is 1. The summed E-state index contributed by atoms with van der Waals surface area (Å²) in [4.78, 5) is 50.0. The number of carbonyl (C=O) groups is 4. The van der Waals surface area contributed by atoms with Gasteiger partial charge < -0.3 is 10.1 Å². The second-order valence-corrected chi connectivity index (χ2v) is 10.1. The molecule has 0 atom stereocenters. The molecule has 0 bridgehead atoms. The Morgan fingerprint density at radius 1 is 0.829 bits per heavy atom. The van der Waals surface area contributed by atoms with Gasteiger partial charge >= 0.3 is 5.97 Å². The van der Waals surface area contributed by atoms with Gasteiger partial charge in [-0.2, -0.15) is 0 Å². The Labute approximate surface area is 201 Å². The van der Waals surface area contributed by atoms with E-state index in [9.17, 15) is 27.6 Å². The zero-order valence-corrected chi connectivity index (χ0v) is 19.6. The molecule has 1 aliphatic rings. The van der Waals surface area contributed by atoms with Crippen molar-refractivity contribution in [3.05, 3.63) is 94.5 Å². The molecule has 0 unspecified atom stereocenters. The summed E-state index contributed by atoms with van der Waals surface area (Å²) in [5.41, 5.74) is 1.40.